The van der Waals surface area contributed by atoms with E-state index in [1.807, 2.05) is 54.6 Å². The fourth-order valence-electron chi connectivity index (χ4n) is 1.89. The summed E-state index contributed by atoms with van der Waals surface area (Å²) in [6.45, 7) is 0. The molecule has 0 radical (unpaired) electrons. The van der Waals surface area contributed by atoms with E-state index in [2.05, 4.69) is 4.74 Å². The van der Waals surface area contributed by atoms with Gasteiger partial charge in [-0.3, -0.25) is 4.79 Å². The van der Waals surface area contributed by atoms with Crippen molar-refractivity contribution in [2.24, 2.45) is 0 Å². The van der Waals surface area contributed by atoms with Gasteiger partial charge in [0, 0.05) is 6.42 Å². The number of methoxy groups -OCH3 is 1. The lowest BCUT2D eigenvalue weighted by Gasteiger charge is -2.06. The van der Waals surface area contributed by atoms with Gasteiger partial charge in [-0.2, -0.15) is 0 Å². The molecule has 0 heterocycles. The van der Waals surface area contributed by atoms with Crippen LogP contribution in [-0.2, 0) is 16.0 Å². The van der Waals surface area contributed by atoms with Crippen LogP contribution in [0.5, 0.6) is 11.5 Å². The van der Waals surface area contributed by atoms with Crippen LogP contribution in [-0.4, -0.2) is 13.1 Å². The van der Waals surface area contributed by atoms with Gasteiger partial charge in [0.25, 0.3) is 0 Å². The molecule has 20 heavy (non-hydrogen) atoms. The molecule has 3 heteroatoms. The smallest absolute Gasteiger partial charge is 0.305 e. The van der Waals surface area contributed by atoms with Crippen LogP contribution >= 0.6 is 0 Å². The normalized spacial score (nSPS) is 10.1. The number of aryl methyl sites for hydroxylation is 1. The van der Waals surface area contributed by atoms with Crippen LogP contribution in [0.3, 0.4) is 0 Å². The molecule has 0 aromatic heterocycles. The SMILES string of the molecule is COC(=O)CCCc1ccc(Oc2ccccc2)cc1. The maximum Gasteiger partial charge on any atom is 0.305 e. The van der Waals surface area contributed by atoms with Crippen molar-refractivity contribution < 1.29 is 14.3 Å². The number of hydrogen-bond acceptors (Lipinski definition) is 3. The second kappa shape index (κ2) is 7.34. The number of rotatable bonds is 6. The van der Waals surface area contributed by atoms with Crippen molar-refractivity contribution in [1.29, 1.82) is 0 Å². The van der Waals surface area contributed by atoms with Crippen molar-refractivity contribution in [3.63, 3.8) is 0 Å². The zero-order valence-electron chi connectivity index (χ0n) is 11.5. The molecule has 0 aliphatic heterocycles. The molecule has 0 aliphatic rings. The molecule has 104 valence electrons. The van der Waals surface area contributed by atoms with Crippen molar-refractivity contribution >= 4 is 5.97 Å². The van der Waals surface area contributed by atoms with Crippen LogP contribution < -0.4 is 4.74 Å². The molecule has 0 unspecified atom stereocenters. The third-order valence-corrected chi connectivity index (χ3v) is 2.98. The van der Waals surface area contributed by atoms with Gasteiger partial charge in [-0.25, -0.2) is 0 Å². The Bertz CT molecular complexity index is 532. The zero-order chi connectivity index (χ0) is 14.2. The van der Waals surface area contributed by atoms with Gasteiger partial charge in [-0.15, -0.1) is 0 Å². The Morgan fingerprint density at radius 2 is 1.60 bits per heavy atom. The van der Waals surface area contributed by atoms with Crippen LogP contribution in [0.4, 0.5) is 0 Å². The number of esters is 1. The molecular formula is C17H18O3. The molecule has 0 fully saturated rings. The van der Waals surface area contributed by atoms with Gasteiger partial charge in [-0.05, 0) is 42.7 Å². The van der Waals surface area contributed by atoms with Gasteiger partial charge in [0.2, 0.25) is 0 Å². The van der Waals surface area contributed by atoms with Crippen molar-refractivity contribution in [3.8, 4) is 11.5 Å². The molecule has 0 aliphatic carbocycles. The van der Waals surface area contributed by atoms with Gasteiger partial charge < -0.3 is 9.47 Å². The molecular weight excluding hydrogens is 252 g/mol. The van der Waals surface area contributed by atoms with Crippen LogP contribution in [0.25, 0.3) is 0 Å². The van der Waals surface area contributed by atoms with Gasteiger partial charge in [0.05, 0.1) is 7.11 Å². The van der Waals surface area contributed by atoms with E-state index in [0.717, 1.165) is 24.3 Å². The summed E-state index contributed by atoms with van der Waals surface area (Å²) >= 11 is 0. The van der Waals surface area contributed by atoms with Crippen molar-refractivity contribution in [2.75, 3.05) is 7.11 Å². The Morgan fingerprint density at radius 3 is 2.25 bits per heavy atom. The second-order valence-electron chi connectivity index (χ2n) is 4.49. The molecule has 2 aromatic carbocycles. The first-order chi connectivity index (χ1) is 9.78. The molecule has 0 bridgehead atoms. The lowest BCUT2D eigenvalue weighted by molar-refractivity contribution is -0.140. The number of benzene rings is 2. The Labute approximate surface area is 119 Å². The first kappa shape index (κ1) is 14.1. The minimum atomic E-state index is -0.158. The molecule has 0 amide bonds. The molecule has 0 atom stereocenters. The van der Waals surface area contributed by atoms with Crippen LogP contribution in [0.2, 0.25) is 0 Å². The lowest BCUT2D eigenvalue weighted by atomic mass is 10.1. The zero-order valence-corrected chi connectivity index (χ0v) is 11.5. The summed E-state index contributed by atoms with van der Waals surface area (Å²) in [5.74, 6) is 1.48. The second-order valence-corrected chi connectivity index (χ2v) is 4.49. The topological polar surface area (TPSA) is 35.5 Å². The van der Waals surface area contributed by atoms with Crippen molar-refractivity contribution in [1.82, 2.24) is 0 Å². The number of para-hydroxylation sites is 1. The number of hydrogen-bond donors (Lipinski definition) is 0. The average Bonchev–Trinajstić information content (AvgIpc) is 2.50. The Balaban J connectivity index is 1.85. The molecule has 2 rings (SSSR count). The number of ether oxygens (including phenoxy) is 2. The summed E-state index contributed by atoms with van der Waals surface area (Å²) in [4.78, 5) is 11.0. The first-order valence-electron chi connectivity index (χ1n) is 6.66. The van der Waals surface area contributed by atoms with Crippen LogP contribution in [0.1, 0.15) is 18.4 Å². The predicted octanol–water partition coefficient (Wildman–Crippen LogP) is 3.97. The molecule has 3 nitrogen and oxygen atoms in total. The van der Waals surface area contributed by atoms with Crippen LogP contribution in [0, 0.1) is 0 Å². The molecule has 0 spiro atoms. The van der Waals surface area contributed by atoms with E-state index in [1.165, 1.54) is 12.7 Å². The quantitative estimate of drug-likeness (QED) is 0.745. The summed E-state index contributed by atoms with van der Waals surface area (Å²) in [5.41, 5.74) is 1.19. The standard InChI is InChI=1S/C17H18O3/c1-19-17(18)9-5-6-14-10-12-16(13-11-14)20-15-7-3-2-4-8-15/h2-4,7-8,10-13H,5-6,9H2,1H3. The summed E-state index contributed by atoms with van der Waals surface area (Å²) in [5, 5.41) is 0. The highest BCUT2D eigenvalue weighted by atomic mass is 16.5. The monoisotopic (exact) mass is 270 g/mol. The van der Waals surface area contributed by atoms with E-state index in [-0.39, 0.29) is 5.97 Å². The molecule has 2 aromatic rings. The minimum Gasteiger partial charge on any atom is -0.469 e. The maximum absolute atomic E-state index is 11.0. The van der Waals surface area contributed by atoms with Gasteiger partial charge >= 0.3 is 5.97 Å². The summed E-state index contributed by atoms with van der Waals surface area (Å²) in [7, 11) is 1.41. The highest BCUT2D eigenvalue weighted by molar-refractivity contribution is 5.69. The first-order valence-corrected chi connectivity index (χ1v) is 6.66. The predicted molar refractivity (Wildman–Crippen MR) is 77.9 cm³/mol. The molecule has 0 saturated heterocycles. The maximum atomic E-state index is 11.0. The highest BCUT2D eigenvalue weighted by Gasteiger charge is 2.01. The highest BCUT2D eigenvalue weighted by Crippen LogP contribution is 2.21. The largest absolute Gasteiger partial charge is 0.469 e. The molecule has 0 N–H and O–H groups in total. The van der Waals surface area contributed by atoms with Gasteiger partial charge in [-0.1, -0.05) is 30.3 Å². The third-order valence-electron chi connectivity index (χ3n) is 2.98. The lowest BCUT2D eigenvalue weighted by Crippen LogP contribution is -2.00. The Morgan fingerprint density at radius 1 is 0.950 bits per heavy atom. The van der Waals surface area contributed by atoms with Gasteiger partial charge in [0.1, 0.15) is 11.5 Å². The number of carbonyl (C=O) groups is 1. The van der Waals surface area contributed by atoms with E-state index in [0.29, 0.717) is 6.42 Å². The van der Waals surface area contributed by atoms with E-state index in [4.69, 9.17) is 4.74 Å². The van der Waals surface area contributed by atoms with E-state index < -0.39 is 0 Å². The summed E-state index contributed by atoms with van der Waals surface area (Å²) in [6, 6.07) is 17.6. The van der Waals surface area contributed by atoms with Crippen molar-refractivity contribution in [3.05, 3.63) is 60.2 Å². The van der Waals surface area contributed by atoms with Gasteiger partial charge in [0.15, 0.2) is 0 Å². The summed E-state index contributed by atoms with van der Waals surface area (Å²) in [6.07, 6.45) is 2.12. The Kier molecular flexibility index (Phi) is 5.18. The van der Waals surface area contributed by atoms with Crippen LogP contribution in [0.15, 0.2) is 54.6 Å². The average molecular weight is 270 g/mol. The third kappa shape index (κ3) is 4.43. The van der Waals surface area contributed by atoms with E-state index in [9.17, 15) is 4.79 Å². The van der Waals surface area contributed by atoms with E-state index in [1.54, 1.807) is 0 Å². The number of carbonyl (C=O) groups excluding carboxylic acids is 1. The van der Waals surface area contributed by atoms with E-state index >= 15 is 0 Å². The fraction of sp³-hybridized carbons (Fsp3) is 0.235. The molecule has 0 saturated carbocycles. The Hall–Kier alpha value is -2.29. The fourth-order valence-corrected chi connectivity index (χ4v) is 1.89. The van der Waals surface area contributed by atoms with Crippen molar-refractivity contribution in [2.45, 2.75) is 19.3 Å². The minimum absolute atomic E-state index is 0.158. The summed E-state index contributed by atoms with van der Waals surface area (Å²) < 4.78 is 10.3.